The second kappa shape index (κ2) is 4.59. The minimum Gasteiger partial charge on any atom is -0.299 e. The average Bonchev–Trinajstić information content (AvgIpc) is 2.70. The minimum absolute atomic E-state index is 0.0401. The summed E-state index contributed by atoms with van der Waals surface area (Å²) < 4.78 is 0. The van der Waals surface area contributed by atoms with Gasteiger partial charge in [0.1, 0.15) is 5.78 Å². The summed E-state index contributed by atoms with van der Waals surface area (Å²) in [5, 5.41) is 0. The summed E-state index contributed by atoms with van der Waals surface area (Å²) >= 11 is 0. The molecule has 118 valence electrons. The highest BCUT2D eigenvalue weighted by atomic mass is 16.1. The summed E-state index contributed by atoms with van der Waals surface area (Å²) in [6.07, 6.45) is 12.5. The molecule has 0 radical (unpaired) electrons. The molecular formula is C20H32O. The molecule has 0 saturated heterocycles. The van der Waals surface area contributed by atoms with Gasteiger partial charge in [-0.1, -0.05) is 33.6 Å². The van der Waals surface area contributed by atoms with Crippen LogP contribution in [-0.2, 0) is 4.79 Å². The van der Waals surface area contributed by atoms with Gasteiger partial charge in [-0.25, -0.2) is 0 Å². The molecule has 21 heavy (non-hydrogen) atoms. The van der Waals surface area contributed by atoms with Crippen LogP contribution in [0.3, 0.4) is 0 Å². The van der Waals surface area contributed by atoms with E-state index in [1.54, 1.807) is 0 Å². The van der Waals surface area contributed by atoms with Crippen molar-refractivity contribution in [2.45, 2.75) is 78.6 Å². The lowest BCUT2D eigenvalue weighted by Gasteiger charge is -2.59. The lowest BCUT2D eigenvalue weighted by atomic mass is 9.45. The molecule has 4 aliphatic carbocycles. The maximum atomic E-state index is 12.7. The van der Waals surface area contributed by atoms with E-state index in [1.807, 2.05) is 0 Å². The monoisotopic (exact) mass is 288 g/mol. The van der Waals surface area contributed by atoms with Gasteiger partial charge in [-0.15, -0.1) is 0 Å². The highest BCUT2D eigenvalue weighted by Crippen LogP contribution is 2.65. The van der Waals surface area contributed by atoms with Crippen molar-refractivity contribution in [3.8, 4) is 0 Å². The Morgan fingerprint density at radius 3 is 2.57 bits per heavy atom. The SMILES string of the molecule is C[C@H]1C[C@H]2[C@@H]3CC[C@H]4CCCC[C@]4(C)[C@H]3CC[C@]2(C)C1=O. The second-order valence-corrected chi connectivity index (χ2v) is 9.36. The maximum absolute atomic E-state index is 12.7. The minimum atomic E-state index is 0.0401. The number of hydrogen-bond acceptors (Lipinski definition) is 1. The Morgan fingerprint density at radius 2 is 1.76 bits per heavy atom. The van der Waals surface area contributed by atoms with Crippen molar-refractivity contribution in [1.29, 1.82) is 0 Å². The molecule has 0 aromatic carbocycles. The predicted octanol–water partition coefficient (Wildman–Crippen LogP) is 5.23. The van der Waals surface area contributed by atoms with E-state index in [9.17, 15) is 4.79 Å². The van der Waals surface area contributed by atoms with E-state index >= 15 is 0 Å². The van der Waals surface area contributed by atoms with Crippen molar-refractivity contribution in [2.75, 3.05) is 0 Å². The molecule has 4 rings (SSSR count). The number of fused-ring (bicyclic) bond motifs is 5. The molecule has 0 bridgehead atoms. The first-order valence-electron chi connectivity index (χ1n) is 9.51. The zero-order chi connectivity index (χ0) is 14.8. The van der Waals surface area contributed by atoms with Crippen molar-refractivity contribution in [3.05, 3.63) is 0 Å². The van der Waals surface area contributed by atoms with Crippen LogP contribution in [0.15, 0.2) is 0 Å². The van der Waals surface area contributed by atoms with Crippen molar-refractivity contribution in [2.24, 2.45) is 40.4 Å². The molecule has 4 aliphatic rings. The highest BCUT2D eigenvalue weighted by Gasteiger charge is 2.61. The van der Waals surface area contributed by atoms with Crippen LogP contribution in [0.4, 0.5) is 0 Å². The Kier molecular flexibility index (Phi) is 3.12. The molecule has 0 N–H and O–H groups in total. The third-order valence-corrected chi connectivity index (χ3v) is 8.59. The van der Waals surface area contributed by atoms with E-state index < -0.39 is 0 Å². The van der Waals surface area contributed by atoms with Crippen molar-refractivity contribution >= 4 is 5.78 Å². The van der Waals surface area contributed by atoms with Gasteiger partial charge in [-0.05, 0) is 74.0 Å². The van der Waals surface area contributed by atoms with Crippen molar-refractivity contribution < 1.29 is 4.79 Å². The van der Waals surface area contributed by atoms with E-state index in [-0.39, 0.29) is 5.41 Å². The fourth-order valence-corrected chi connectivity index (χ4v) is 7.41. The third-order valence-electron chi connectivity index (χ3n) is 8.59. The maximum Gasteiger partial charge on any atom is 0.141 e. The Balaban J connectivity index is 1.67. The molecule has 0 heterocycles. The van der Waals surface area contributed by atoms with Crippen LogP contribution >= 0.6 is 0 Å². The summed E-state index contributed by atoms with van der Waals surface area (Å²) in [6, 6.07) is 0. The van der Waals surface area contributed by atoms with Gasteiger partial charge < -0.3 is 0 Å². The number of Topliss-reactive ketones (excluding diaryl/α,β-unsaturated/α-hetero) is 1. The van der Waals surface area contributed by atoms with Gasteiger partial charge in [0.05, 0.1) is 0 Å². The Hall–Kier alpha value is -0.330. The molecule has 1 nitrogen and oxygen atoms in total. The molecule has 0 aromatic rings. The molecule has 0 amide bonds. The lowest BCUT2D eigenvalue weighted by Crippen LogP contribution is -2.52. The van der Waals surface area contributed by atoms with Crippen LogP contribution in [0.5, 0.6) is 0 Å². The van der Waals surface area contributed by atoms with E-state index in [0.717, 1.165) is 17.8 Å². The topological polar surface area (TPSA) is 17.1 Å². The van der Waals surface area contributed by atoms with Crippen molar-refractivity contribution in [1.82, 2.24) is 0 Å². The Labute approximate surface area is 130 Å². The van der Waals surface area contributed by atoms with Crippen LogP contribution in [0.2, 0.25) is 0 Å². The zero-order valence-corrected chi connectivity index (χ0v) is 14.2. The normalized spacial score (nSPS) is 56.5. The van der Waals surface area contributed by atoms with Gasteiger partial charge >= 0.3 is 0 Å². The van der Waals surface area contributed by atoms with Gasteiger partial charge in [-0.3, -0.25) is 4.79 Å². The Bertz CT molecular complexity index is 455. The first kappa shape index (κ1) is 14.3. The van der Waals surface area contributed by atoms with Crippen molar-refractivity contribution in [3.63, 3.8) is 0 Å². The van der Waals surface area contributed by atoms with Crippen LogP contribution < -0.4 is 0 Å². The molecule has 7 atom stereocenters. The molecule has 1 heteroatoms. The summed E-state index contributed by atoms with van der Waals surface area (Å²) in [7, 11) is 0. The summed E-state index contributed by atoms with van der Waals surface area (Å²) in [4.78, 5) is 12.7. The van der Waals surface area contributed by atoms with E-state index in [0.29, 0.717) is 23.0 Å². The van der Waals surface area contributed by atoms with E-state index in [2.05, 4.69) is 20.8 Å². The quantitative estimate of drug-likeness (QED) is 0.596. The van der Waals surface area contributed by atoms with Gasteiger partial charge in [0.25, 0.3) is 0 Å². The number of carbonyl (C=O) groups is 1. The molecular weight excluding hydrogens is 256 g/mol. The molecule has 0 unspecified atom stereocenters. The highest BCUT2D eigenvalue weighted by molar-refractivity contribution is 5.89. The molecule has 0 aliphatic heterocycles. The average molecular weight is 288 g/mol. The summed E-state index contributed by atoms with van der Waals surface area (Å²) in [5.41, 5.74) is 0.649. The Morgan fingerprint density at radius 1 is 0.952 bits per heavy atom. The van der Waals surface area contributed by atoms with E-state index in [1.165, 1.54) is 57.8 Å². The number of carbonyl (C=O) groups excluding carboxylic acids is 1. The van der Waals surface area contributed by atoms with Crippen LogP contribution in [-0.4, -0.2) is 5.78 Å². The second-order valence-electron chi connectivity index (χ2n) is 9.36. The van der Waals surface area contributed by atoms with E-state index in [4.69, 9.17) is 0 Å². The fraction of sp³-hybridized carbons (Fsp3) is 0.950. The van der Waals surface area contributed by atoms with Gasteiger partial charge in [0.15, 0.2) is 0 Å². The summed E-state index contributed by atoms with van der Waals surface area (Å²) in [5.74, 6) is 4.41. The van der Waals surface area contributed by atoms with Crippen LogP contribution in [0.1, 0.15) is 78.6 Å². The number of rotatable bonds is 0. The largest absolute Gasteiger partial charge is 0.299 e. The number of hydrogen-bond donors (Lipinski definition) is 0. The molecule has 4 saturated carbocycles. The molecule has 0 aromatic heterocycles. The first-order chi connectivity index (χ1) is 9.97. The molecule has 4 fully saturated rings. The smallest absolute Gasteiger partial charge is 0.141 e. The van der Waals surface area contributed by atoms with Crippen LogP contribution in [0.25, 0.3) is 0 Å². The lowest BCUT2D eigenvalue weighted by molar-refractivity contribution is -0.139. The molecule has 0 spiro atoms. The predicted molar refractivity (Wildman–Crippen MR) is 85.9 cm³/mol. The summed E-state index contributed by atoms with van der Waals surface area (Å²) in [6.45, 7) is 7.13. The van der Waals surface area contributed by atoms with Gasteiger partial charge in [0, 0.05) is 11.3 Å². The van der Waals surface area contributed by atoms with Gasteiger partial charge in [-0.2, -0.15) is 0 Å². The number of ketones is 1. The van der Waals surface area contributed by atoms with Gasteiger partial charge in [0.2, 0.25) is 0 Å². The third kappa shape index (κ3) is 1.78. The standard InChI is InChI=1S/C20H32O/c1-13-12-17-15-8-7-14-6-4-5-10-19(14,2)16(15)9-11-20(17,3)18(13)21/h13-17H,4-12H2,1-3H3/t13-,14+,15+,16-,17-,19-,20-/m0/s1. The van der Waals surface area contributed by atoms with Crippen LogP contribution in [0, 0.1) is 40.4 Å². The zero-order valence-electron chi connectivity index (χ0n) is 14.2. The first-order valence-corrected chi connectivity index (χ1v) is 9.51. The fourth-order valence-electron chi connectivity index (χ4n) is 7.41.